The quantitative estimate of drug-likeness (QED) is 0.781. The summed E-state index contributed by atoms with van der Waals surface area (Å²) in [6.45, 7) is 1.48. The van der Waals surface area contributed by atoms with Gasteiger partial charge in [-0.3, -0.25) is 4.79 Å². The van der Waals surface area contributed by atoms with Crippen LogP contribution in [0.25, 0.3) is 0 Å². The smallest absolute Gasteiger partial charge is 0.329 e. The van der Waals surface area contributed by atoms with E-state index in [9.17, 15) is 18.0 Å². The number of nitrogens with zero attached hydrogens (tertiary/aromatic N) is 1. The molecule has 3 nitrogen and oxygen atoms in total. The average Bonchev–Trinajstić information content (AvgIpc) is 2.46. The van der Waals surface area contributed by atoms with Crippen molar-refractivity contribution in [2.24, 2.45) is 11.7 Å². The highest BCUT2D eigenvalue weighted by Gasteiger charge is 2.47. The molecule has 1 aliphatic heterocycles. The molecule has 2 unspecified atom stereocenters. The molecule has 15 heavy (non-hydrogen) atoms. The van der Waals surface area contributed by atoms with Crippen molar-refractivity contribution in [2.75, 3.05) is 13.1 Å². The first-order chi connectivity index (χ1) is 6.90. The SMILES string of the molecule is CCC1CC(=O)N(C(CN)C(F)(F)F)C1. The molecule has 0 aliphatic carbocycles. The van der Waals surface area contributed by atoms with Crippen LogP contribution < -0.4 is 5.73 Å². The highest BCUT2D eigenvalue weighted by atomic mass is 19.4. The minimum absolute atomic E-state index is 0.0360. The number of likely N-dealkylation sites (tertiary alicyclic amines) is 1. The van der Waals surface area contributed by atoms with Crippen LogP contribution in [0.3, 0.4) is 0 Å². The van der Waals surface area contributed by atoms with E-state index in [2.05, 4.69) is 0 Å². The summed E-state index contributed by atoms with van der Waals surface area (Å²) in [7, 11) is 0. The summed E-state index contributed by atoms with van der Waals surface area (Å²) in [6.07, 6.45) is -3.49. The van der Waals surface area contributed by atoms with Gasteiger partial charge in [-0.15, -0.1) is 0 Å². The van der Waals surface area contributed by atoms with E-state index in [4.69, 9.17) is 5.73 Å². The molecule has 0 aromatic rings. The van der Waals surface area contributed by atoms with Gasteiger partial charge in [0.2, 0.25) is 5.91 Å². The van der Waals surface area contributed by atoms with Crippen molar-refractivity contribution < 1.29 is 18.0 Å². The lowest BCUT2D eigenvalue weighted by Gasteiger charge is -2.28. The van der Waals surface area contributed by atoms with Gasteiger partial charge in [0, 0.05) is 19.5 Å². The molecule has 6 heteroatoms. The number of hydrogen-bond acceptors (Lipinski definition) is 2. The molecule has 0 aromatic heterocycles. The summed E-state index contributed by atoms with van der Waals surface area (Å²) in [6, 6.07) is -1.82. The molecular formula is C9H15F3N2O. The molecule has 0 aromatic carbocycles. The molecule has 1 amide bonds. The van der Waals surface area contributed by atoms with E-state index in [0.29, 0.717) is 0 Å². The van der Waals surface area contributed by atoms with Gasteiger partial charge >= 0.3 is 6.18 Å². The molecule has 2 atom stereocenters. The number of carbonyl (C=O) groups excluding carboxylic acids is 1. The van der Waals surface area contributed by atoms with Gasteiger partial charge in [0.15, 0.2) is 0 Å². The minimum Gasteiger partial charge on any atom is -0.329 e. The van der Waals surface area contributed by atoms with Gasteiger partial charge in [0.25, 0.3) is 0 Å². The molecule has 0 spiro atoms. The second kappa shape index (κ2) is 4.38. The lowest BCUT2D eigenvalue weighted by atomic mass is 10.1. The van der Waals surface area contributed by atoms with Crippen LogP contribution in [0.2, 0.25) is 0 Å². The number of carbonyl (C=O) groups is 1. The van der Waals surface area contributed by atoms with E-state index in [1.54, 1.807) is 0 Å². The van der Waals surface area contributed by atoms with Gasteiger partial charge in [0.1, 0.15) is 6.04 Å². The normalized spacial score (nSPS) is 24.7. The van der Waals surface area contributed by atoms with Crippen LogP contribution in [0.5, 0.6) is 0 Å². The first-order valence-electron chi connectivity index (χ1n) is 4.96. The molecule has 1 fully saturated rings. The molecule has 0 saturated carbocycles. The molecule has 0 bridgehead atoms. The zero-order valence-electron chi connectivity index (χ0n) is 8.55. The Morgan fingerprint density at radius 2 is 2.20 bits per heavy atom. The molecule has 0 radical (unpaired) electrons. The monoisotopic (exact) mass is 224 g/mol. The largest absolute Gasteiger partial charge is 0.410 e. The third kappa shape index (κ3) is 2.62. The van der Waals surface area contributed by atoms with Crippen LogP contribution in [0, 0.1) is 5.92 Å². The Morgan fingerprint density at radius 1 is 1.60 bits per heavy atom. The molecule has 1 heterocycles. The van der Waals surface area contributed by atoms with Crippen molar-refractivity contribution in [2.45, 2.75) is 32.0 Å². The summed E-state index contributed by atoms with van der Waals surface area (Å²) in [4.78, 5) is 12.2. The Hall–Kier alpha value is -0.780. The van der Waals surface area contributed by atoms with Gasteiger partial charge in [0.05, 0.1) is 0 Å². The summed E-state index contributed by atoms with van der Waals surface area (Å²) in [5.41, 5.74) is 5.07. The van der Waals surface area contributed by atoms with Crippen LogP contribution in [-0.2, 0) is 4.79 Å². The van der Waals surface area contributed by atoms with Crippen LogP contribution in [-0.4, -0.2) is 36.1 Å². The molecule has 2 N–H and O–H groups in total. The van der Waals surface area contributed by atoms with Crippen LogP contribution in [0.4, 0.5) is 13.2 Å². The third-order valence-electron chi connectivity index (χ3n) is 2.79. The topological polar surface area (TPSA) is 46.3 Å². The zero-order valence-corrected chi connectivity index (χ0v) is 8.55. The fourth-order valence-corrected chi connectivity index (χ4v) is 1.82. The number of amides is 1. The fraction of sp³-hybridized carbons (Fsp3) is 0.889. The predicted molar refractivity (Wildman–Crippen MR) is 49.0 cm³/mol. The first-order valence-corrected chi connectivity index (χ1v) is 4.96. The summed E-state index contributed by atoms with van der Waals surface area (Å²) in [5.74, 6) is -0.400. The Bertz CT molecular complexity index is 242. The van der Waals surface area contributed by atoms with Gasteiger partial charge in [-0.2, -0.15) is 13.2 Å². The average molecular weight is 224 g/mol. The highest BCUT2D eigenvalue weighted by Crippen LogP contribution is 2.30. The highest BCUT2D eigenvalue weighted by molar-refractivity contribution is 5.79. The number of alkyl halides is 3. The number of halogens is 3. The lowest BCUT2D eigenvalue weighted by molar-refractivity contribution is -0.184. The maximum atomic E-state index is 12.5. The van der Waals surface area contributed by atoms with E-state index in [1.807, 2.05) is 6.92 Å². The number of hydrogen-bond donors (Lipinski definition) is 1. The van der Waals surface area contributed by atoms with Gasteiger partial charge < -0.3 is 10.6 Å². The molecule has 1 saturated heterocycles. The molecule has 1 rings (SSSR count). The number of nitrogens with two attached hydrogens (primary N) is 1. The standard InChI is InChI=1S/C9H15F3N2O/c1-2-6-3-8(15)14(5-6)7(4-13)9(10,11)12/h6-7H,2-5,13H2,1H3. The van der Waals surface area contributed by atoms with Crippen molar-refractivity contribution in [3.63, 3.8) is 0 Å². The summed E-state index contributed by atoms with van der Waals surface area (Å²) < 4.78 is 37.5. The third-order valence-corrected chi connectivity index (χ3v) is 2.79. The predicted octanol–water partition coefficient (Wildman–Crippen LogP) is 1.13. The Morgan fingerprint density at radius 3 is 2.53 bits per heavy atom. The van der Waals surface area contributed by atoms with Gasteiger partial charge in [-0.1, -0.05) is 13.3 Å². The minimum atomic E-state index is -4.42. The number of rotatable bonds is 3. The van der Waals surface area contributed by atoms with Crippen molar-refractivity contribution >= 4 is 5.91 Å². The van der Waals surface area contributed by atoms with E-state index < -0.39 is 24.7 Å². The zero-order chi connectivity index (χ0) is 11.6. The second-order valence-corrected chi connectivity index (χ2v) is 3.82. The van der Waals surface area contributed by atoms with Crippen molar-refractivity contribution in [1.82, 2.24) is 4.90 Å². The lowest BCUT2D eigenvalue weighted by Crippen LogP contribution is -2.50. The maximum Gasteiger partial charge on any atom is 0.410 e. The molecule has 1 aliphatic rings. The van der Waals surface area contributed by atoms with Crippen LogP contribution in [0.1, 0.15) is 19.8 Å². The van der Waals surface area contributed by atoms with Gasteiger partial charge in [-0.05, 0) is 5.92 Å². The Kier molecular flexibility index (Phi) is 3.59. The Balaban J connectivity index is 2.74. The van der Waals surface area contributed by atoms with E-state index in [1.165, 1.54) is 0 Å². The van der Waals surface area contributed by atoms with Crippen molar-refractivity contribution in [1.29, 1.82) is 0 Å². The summed E-state index contributed by atoms with van der Waals surface area (Å²) in [5, 5.41) is 0. The van der Waals surface area contributed by atoms with Crippen LogP contribution >= 0.6 is 0 Å². The first kappa shape index (κ1) is 12.3. The van der Waals surface area contributed by atoms with Crippen molar-refractivity contribution in [3.8, 4) is 0 Å². The van der Waals surface area contributed by atoms with Crippen LogP contribution in [0.15, 0.2) is 0 Å². The fourth-order valence-electron chi connectivity index (χ4n) is 1.82. The molecule has 88 valence electrons. The second-order valence-electron chi connectivity index (χ2n) is 3.82. The maximum absolute atomic E-state index is 12.5. The van der Waals surface area contributed by atoms with Gasteiger partial charge in [-0.25, -0.2) is 0 Å². The Labute approximate surface area is 86.4 Å². The van der Waals surface area contributed by atoms with Crippen molar-refractivity contribution in [3.05, 3.63) is 0 Å². The van der Waals surface area contributed by atoms with E-state index >= 15 is 0 Å². The van der Waals surface area contributed by atoms with E-state index in [-0.39, 0.29) is 18.9 Å². The summed E-state index contributed by atoms with van der Waals surface area (Å²) >= 11 is 0. The molecular weight excluding hydrogens is 209 g/mol. The van der Waals surface area contributed by atoms with E-state index in [0.717, 1.165) is 11.3 Å².